The molecule has 0 unspecified atom stereocenters. The normalized spacial score (nSPS) is 11.6. The maximum absolute atomic E-state index is 14.1. The van der Waals surface area contributed by atoms with Crippen molar-refractivity contribution in [2.45, 2.75) is 19.6 Å². The number of hydrogen-bond donors (Lipinski definition) is 2. The molecule has 0 saturated carbocycles. The SMILES string of the molecule is Cc1ccc(-c2noc(-c3ccc(F)c(O)c3F)n2)cc1NCc1ccc(F)c(C(F)(F)F)c1. The van der Waals surface area contributed by atoms with Crippen LogP contribution in [0.3, 0.4) is 0 Å². The van der Waals surface area contributed by atoms with E-state index in [2.05, 4.69) is 15.5 Å². The molecule has 4 aromatic rings. The first kappa shape index (κ1) is 23.1. The van der Waals surface area contributed by atoms with Crippen LogP contribution in [0.2, 0.25) is 0 Å². The second-order valence-corrected chi connectivity index (χ2v) is 7.38. The van der Waals surface area contributed by atoms with E-state index in [1.54, 1.807) is 25.1 Å². The van der Waals surface area contributed by atoms with Crippen LogP contribution < -0.4 is 5.32 Å². The van der Waals surface area contributed by atoms with Crippen molar-refractivity contribution in [1.82, 2.24) is 10.1 Å². The molecule has 0 atom stereocenters. The molecule has 1 heterocycles. The Labute approximate surface area is 188 Å². The number of phenols is 1. The Hall–Kier alpha value is -4.02. The van der Waals surface area contributed by atoms with Crippen molar-refractivity contribution in [3.05, 3.63) is 82.7 Å². The lowest BCUT2D eigenvalue weighted by atomic mass is 10.1. The number of aromatic nitrogens is 2. The Morgan fingerprint density at radius 1 is 0.971 bits per heavy atom. The van der Waals surface area contributed by atoms with Gasteiger partial charge in [0.15, 0.2) is 17.4 Å². The number of aryl methyl sites for hydroxylation is 1. The Morgan fingerprint density at radius 3 is 2.44 bits per heavy atom. The Kier molecular flexibility index (Phi) is 5.94. The highest BCUT2D eigenvalue weighted by Gasteiger charge is 2.34. The molecular formula is C23H15F6N3O2. The van der Waals surface area contributed by atoms with Crippen molar-refractivity contribution < 1.29 is 36.0 Å². The Morgan fingerprint density at radius 2 is 1.71 bits per heavy atom. The molecule has 3 aromatic carbocycles. The lowest BCUT2D eigenvalue weighted by Gasteiger charge is -2.13. The standard InChI is InChI=1S/C23H15F6N3O2/c1-11-2-4-13(21-31-22(34-32-21)14-5-7-17(25)20(33)19(14)26)9-18(11)30-10-12-3-6-16(24)15(8-12)23(27,28)29/h2-9,30,33H,10H2,1H3. The van der Waals surface area contributed by atoms with Gasteiger partial charge in [0.2, 0.25) is 5.82 Å². The smallest absolute Gasteiger partial charge is 0.419 e. The van der Waals surface area contributed by atoms with Crippen LogP contribution in [0.5, 0.6) is 5.75 Å². The number of phenolic OH excluding ortho intramolecular Hbond substituents is 1. The van der Waals surface area contributed by atoms with Crippen LogP contribution in [0, 0.1) is 24.4 Å². The summed E-state index contributed by atoms with van der Waals surface area (Å²) in [6.07, 6.45) is -4.81. The molecule has 0 radical (unpaired) electrons. The monoisotopic (exact) mass is 479 g/mol. The molecule has 5 nitrogen and oxygen atoms in total. The molecule has 0 spiro atoms. The van der Waals surface area contributed by atoms with Crippen LogP contribution in [0.4, 0.5) is 32.0 Å². The van der Waals surface area contributed by atoms with E-state index < -0.39 is 34.9 Å². The van der Waals surface area contributed by atoms with Crippen LogP contribution in [0.15, 0.2) is 53.1 Å². The van der Waals surface area contributed by atoms with Crippen molar-refractivity contribution in [2.75, 3.05) is 5.32 Å². The van der Waals surface area contributed by atoms with Gasteiger partial charge in [-0.25, -0.2) is 13.2 Å². The van der Waals surface area contributed by atoms with E-state index in [1.165, 1.54) is 6.07 Å². The fourth-order valence-corrected chi connectivity index (χ4v) is 3.20. The highest BCUT2D eigenvalue weighted by atomic mass is 19.4. The molecule has 0 aliphatic heterocycles. The predicted octanol–water partition coefficient (Wildman–Crippen LogP) is 6.47. The maximum atomic E-state index is 14.1. The van der Waals surface area contributed by atoms with Gasteiger partial charge in [-0.15, -0.1) is 0 Å². The minimum Gasteiger partial charge on any atom is -0.503 e. The summed E-state index contributed by atoms with van der Waals surface area (Å²) in [7, 11) is 0. The second-order valence-electron chi connectivity index (χ2n) is 7.38. The number of hydrogen-bond acceptors (Lipinski definition) is 5. The largest absolute Gasteiger partial charge is 0.503 e. The molecular weight excluding hydrogens is 464 g/mol. The fourth-order valence-electron chi connectivity index (χ4n) is 3.20. The number of anilines is 1. The van der Waals surface area contributed by atoms with Crippen molar-refractivity contribution in [3.63, 3.8) is 0 Å². The quantitative estimate of drug-likeness (QED) is 0.321. The van der Waals surface area contributed by atoms with Crippen molar-refractivity contribution in [2.24, 2.45) is 0 Å². The highest BCUT2D eigenvalue weighted by molar-refractivity contribution is 5.67. The first-order valence-electron chi connectivity index (χ1n) is 9.76. The van der Waals surface area contributed by atoms with Gasteiger partial charge >= 0.3 is 6.18 Å². The molecule has 4 rings (SSSR count). The molecule has 0 saturated heterocycles. The van der Waals surface area contributed by atoms with Gasteiger partial charge in [0.1, 0.15) is 5.82 Å². The van der Waals surface area contributed by atoms with E-state index in [1.807, 2.05) is 0 Å². The molecule has 1 aromatic heterocycles. The lowest BCUT2D eigenvalue weighted by molar-refractivity contribution is -0.140. The van der Waals surface area contributed by atoms with Crippen LogP contribution in [0.25, 0.3) is 22.8 Å². The topological polar surface area (TPSA) is 71.2 Å². The minimum absolute atomic E-state index is 0.0226. The number of benzene rings is 3. The van der Waals surface area contributed by atoms with Gasteiger partial charge in [-0.05, 0) is 48.4 Å². The van der Waals surface area contributed by atoms with Crippen LogP contribution >= 0.6 is 0 Å². The van der Waals surface area contributed by atoms with E-state index in [-0.39, 0.29) is 29.4 Å². The van der Waals surface area contributed by atoms with E-state index in [4.69, 9.17) is 4.52 Å². The van der Waals surface area contributed by atoms with Crippen LogP contribution in [-0.4, -0.2) is 15.2 Å². The summed E-state index contributed by atoms with van der Waals surface area (Å²) in [5.41, 5.74) is 0.292. The first-order valence-corrected chi connectivity index (χ1v) is 9.76. The maximum Gasteiger partial charge on any atom is 0.419 e. The zero-order valence-electron chi connectivity index (χ0n) is 17.3. The average molecular weight is 479 g/mol. The number of halogens is 6. The van der Waals surface area contributed by atoms with Gasteiger partial charge < -0.3 is 14.9 Å². The van der Waals surface area contributed by atoms with Crippen LogP contribution in [0.1, 0.15) is 16.7 Å². The summed E-state index contributed by atoms with van der Waals surface area (Å²) in [5.74, 6) is -5.15. The van der Waals surface area contributed by atoms with E-state index in [0.29, 0.717) is 11.3 Å². The van der Waals surface area contributed by atoms with Gasteiger partial charge in [-0.3, -0.25) is 0 Å². The molecule has 11 heteroatoms. The first-order chi connectivity index (χ1) is 16.0. The Balaban J connectivity index is 1.58. The molecule has 0 bridgehead atoms. The highest BCUT2D eigenvalue weighted by Crippen LogP contribution is 2.33. The van der Waals surface area contributed by atoms with E-state index in [9.17, 15) is 31.4 Å². The molecule has 176 valence electrons. The Bertz CT molecular complexity index is 1370. The van der Waals surface area contributed by atoms with Gasteiger partial charge in [0.25, 0.3) is 5.89 Å². The predicted molar refractivity (Wildman–Crippen MR) is 110 cm³/mol. The summed E-state index contributed by atoms with van der Waals surface area (Å²) < 4.78 is 84.8. The summed E-state index contributed by atoms with van der Waals surface area (Å²) in [5, 5.41) is 16.2. The third-order valence-electron chi connectivity index (χ3n) is 5.04. The summed E-state index contributed by atoms with van der Waals surface area (Å²) in [4.78, 5) is 4.07. The van der Waals surface area contributed by atoms with Gasteiger partial charge in [0, 0.05) is 17.8 Å². The van der Waals surface area contributed by atoms with Crippen LogP contribution in [-0.2, 0) is 12.7 Å². The van der Waals surface area contributed by atoms with Crippen molar-refractivity contribution >= 4 is 5.69 Å². The molecule has 2 N–H and O–H groups in total. The number of nitrogens with zero attached hydrogens (tertiary/aromatic N) is 2. The van der Waals surface area contributed by atoms with Crippen molar-refractivity contribution in [3.8, 4) is 28.6 Å². The third-order valence-corrected chi connectivity index (χ3v) is 5.04. The zero-order valence-corrected chi connectivity index (χ0v) is 17.3. The molecule has 0 amide bonds. The fraction of sp³-hybridized carbons (Fsp3) is 0.130. The van der Waals surface area contributed by atoms with E-state index >= 15 is 0 Å². The zero-order chi connectivity index (χ0) is 24.6. The van der Waals surface area contributed by atoms with Crippen molar-refractivity contribution in [1.29, 1.82) is 0 Å². The number of rotatable bonds is 5. The van der Waals surface area contributed by atoms with Gasteiger partial charge in [-0.2, -0.15) is 18.2 Å². The molecule has 0 aliphatic carbocycles. The molecule has 0 fully saturated rings. The summed E-state index contributed by atoms with van der Waals surface area (Å²) in [6, 6.07) is 9.59. The summed E-state index contributed by atoms with van der Waals surface area (Å²) >= 11 is 0. The van der Waals surface area contributed by atoms with E-state index in [0.717, 1.165) is 29.8 Å². The average Bonchev–Trinajstić information content (AvgIpc) is 3.27. The van der Waals surface area contributed by atoms with Gasteiger partial charge in [0.05, 0.1) is 11.1 Å². The number of alkyl halides is 3. The third kappa shape index (κ3) is 4.54. The van der Waals surface area contributed by atoms with Gasteiger partial charge in [-0.1, -0.05) is 23.4 Å². The minimum atomic E-state index is -4.81. The number of aromatic hydroxyl groups is 1. The summed E-state index contributed by atoms with van der Waals surface area (Å²) in [6.45, 7) is 1.74. The molecule has 34 heavy (non-hydrogen) atoms. The second kappa shape index (κ2) is 8.73. The molecule has 0 aliphatic rings. The number of nitrogens with one attached hydrogen (secondary N) is 1. The lowest BCUT2D eigenvalue weighted by Crippen LogP contribution is -2.10.